The number of nitrogens with one attached hydrogen (secondary N) is 3. The number of rotatable bonds is 15. The quantitative estimate of drug-likeness (QED) is 0.0285. The van der Waals surface area contributed by atoms with Crippen LogP contribution in [0.1, 0.15) is 22.3 Å². The third-order valence-electron chi connectivity index (χ3n) is 11.8. The van der Waals surface area contributed by atoms with E-state index in [0.29, 0.717) is 17.1 Å². The SMILES string of the molecule is C.C.C.COC(=O)/C(N=Nc1ccc(Nc2ccc(OC)cc2)cc1)=C1\C=CC=CN1C.COC(=O)/C=C1\C=CC=CN1C.COc1ccc(Nc2ccc(N=N/C=C3\C=CC=CN3C)cc2)cc1.COc1ccc(Nc2ccc([N+]#N)cc2)cc1.[Cl-].[Na+].[OH-]. The minimum atomic E-state index is -0.548. The molecule has 0 unspecified atom stereocenters. The number of likely N-dealkylation sites (N-methyl/N-ethyl adjacent to an activating group) is 3. The van der Waals surface area contributed by atoms with E-state index in [9.17, 15) is 9.59 Å². The second-order valence-electron chi connectivity index (χ2n) is 17.5. The fourth-order valence-electron chi connectivity index (χ4n) is 7.22. The Morgan fingerprint density at radius 2 is 0.843 bits per heavy atom. The van der Waals surface area contributed by atoms with Crippen molar-refractivity contribution in [2.75, 3.05) is 72.6 Å². The van der Waals surface area contributed by atoms with Crippen LogP contribution in [0.2, 0.25) is 0 Å². The molecule has 0 fully saturated rings. The molecular weight excluding hydrogens is 1160 g/mol. The molecule has 4 N–H and O–H groups in total. The fraction of sp³-hybridized carbons (Fsp3) is 0.164. The molecule has 3 heterocycles. The van der Waals surface area contributed by atoms with Crippen LogP contribution in [0.4, 0.5) is 51.2 Å². The first kappa shape index (κ1) is 79.0. The first-order valence-corrected chi connectivity index (χ1v) is 25.7. The summed E-state index contributed by atoms with van der Waals surface area (Å²) >= 11 is 0. The van der Waals surface area contributed by atoms with Gasteiger partial charge in [0.15, 0.2) is 10.7 Å². The normalized spacial score (nSPS) is 13.4. The van der Waals surface area contributed by atoms with Crippen molar-refractivity contribution in [1.29, 1.82) is 5.39 Å². The molecule has 0 saturated heterocycles. The van der Waals surface area contributed by atoms with Crippen LogP contribution in [0.5, 0.6) is 17.2 Å². The minimum absolute atomic E-state index is 0. The summed E-state index contributed by atoms with van der Waals surface area (Å²) in [4.78, 5) is 31.7. The number of halogens is 1. The van der Waals surface area contributed by atoms with Gasteiger partial charge in [0.1, 0.15) is 17.2 Å². The summed E-state index contributed by atoms with van der Waals surface area (Å²) < 4.78 is 24.7. The van der Waals surface area contributed by atoms with E-state index in [1.54, 1.807) is 50.6 Å². The first-order valence-electron chi connectivity index (χ1n) is 25.7. The molecule has 0 amide bonds. The van der Waals surface area contributed by atoms with Gasteiger partial charge in [-0.15, -0.1) is 5.11 Å². The third kappa shape index (κ3) is 26.7. The van der Waals surface area contributed by atoms with Gasteiger partial charge in [0, 0.05) is 97.8 Å². The second kappa shape index (κ2) is 42.7. The Bertz CT molecular complexity index is 3490. The molecule has 89 heavy (non-hydrogen) atoms. The number of methoxy groups -OCH3 is 5. The van der Waals surface area contributed by atoms with Gasteiger partial charge in [-0.2, -0.15) is 15.3 Å². The Labute approximate surface area is 552 Å². The number of nitrogens with zero attached hydrogens (tertiary/aromatic N) is 9. The van der Waals surface area contributed by atoms with Gasteiger partial charge in [0.2, 0.25) is 5.39 Å². The molecule has 22 heteroatoms. The van der Waals surface area contributed by atoms with Crippen LogP contribution in [-0.2, 0) is 19.1 Å². The fourth-order valence-corrected chi connectivity index (χ4v) is 7.22. The average Bonchev–Trinajstić information content (AvgIpc) is 3.73. The van der Waals surface area contributed by atoms with Crippen LogP contribution in [0.25, 0.3) is 4.98 Å². The number of carbonyl (C=O) groups excluding carboxylic acids is 2. The predicted molar refractivity (Wildman–Crippen MR) is 349 cm³/mol. The van der Waals surface area contributed by atoms with Gasteiger partial charge in [0.25, 0.3) is 0 Å². The zero-order valence-corrected chi connectivity index (χ0v) is 51.9. The van der Waals surface area contributed by atoms with Gasteiger partial charge in [-0.1, -0.05) is 40.5 Å². The van der Waals surface area contributed by atoms with E-state index in [2.05, 4.69) is 46.1 Å². The Morgan fingerprint density at radius 3 is 1.20 bits per heavy atom. The maximum atomic E-state index is 12.1. The number of benzene rings is 6. The van der Waals surface area contributed by atoms with Gasteiger partial charge in [-0.25, -0.2) is 9.59 Å². The number of allylic oxidation sites excluding steroid dienone is 9. The van der Waals surface area contributed by atoms with Crippen LogP contribution in [0.15, 0.2) is 274 Å². The molecule has 0 aliphatic carbocycles. The van der Waals surface area contributed by atoms with Crippen molar-refractivity contribution in [3.05, 3.63) is 259 Å². The summed E-state index contributed by atoms with van der Waals surface area (Å²) in [5.41, 5.74) is 10.2. The van der Waals surface area contributed by atoms with Crippen molar-refractivity contribution in [3.63, 3.8) is 0 Å². The van der Waals surface area contributed by atoms with Crippen molar-refractivity contribution in [2.24, 2.45) is 20.5 Å². The molecule has 0 bridgehead atoms. The molecule has 3 aliphatic heterocycles. The van der Waals surface area contributed by atoms with Crippen LogP contribution in [0.3, 0.4) is 0 Å². The number of hydrogen-bond acceptors (Lipinski definition) is 19. The summed E-state index contributed by atoms with van der Waals surface area (Å²) in [5, 5.41) is 35.1. The molecule has 0 saturated carbocycles. The monoisotopic (exact) mass is 1240 g/mol. The van der Waals surface area contributed by atoms with Crippen LogP contribution in [0, 0.1) is 5.39 Å². The van der Waals surface area contributed by atoms with Crippen LogP contribution >= 0.6 is 0 Å². The largest absolute Gasteiger partial charge is 1.00 e. The molecule has 3 aliphatic rings. The number of anilines is 6. The number of carbonyl (C=O) groups is 2. The topological polar surface area (TPSA) is 234 Å². The van der Waals surface area contributed by atoms with E-state index in [-0.39, 0.29) is 81.4 Å². The Morgan fingerprint density at radius 1 is 0.483 bits per heavy atom. The van der Waals surface area contributed by atoms with E-state index in [1.807, 2.05) is 232 Å². The molecular formula is C67H78ClN12NaO8. The van der Waals surface area contributed by atoms with Crippen LogP contribution in [-0.4, -0.2) is 88.8 Å². The predicted octanol–water partition coefficient (Wildman–Crippen LogP) is 11.0. The molecule has 0 spiro atoms. The number of esters is 2. The zero-order chi connectivity index (χ0) is 59.2. The Balaban J connectivity index is 0.00000118. The Hall–Kier alpha value is -10.0. The summed E-state index contributed by atoms with van der Waals surface area (Å²) in [6.07, 6.45) is 25.9. The third-order valence-corrected chi connectivity index (χ3v) is 11.8. The van der Waals surface area contributed by atoms with Crippen molar-refractivity contribution in [3.8, 4) is 17.2 Å². The number of azo groups is 2. The van der Waals surface area contributed by atoms with Crippen molar-refractivity contribution >= 4 is 63.1 Å². The van der Waals surface area contributed by atoms with Gasteiger partial charge in [-0.05, 0) is 170 Å². The van der Waals surface area contributed by atoms with Gasteiger partial charge >= 0.3 is 47.2 Å². The first-order chi connectivity index (χ1) is 40.4. The standard InChI is InChI=1S/C22H22N4O3.C20H20N4O.C13H12N3O.C9H11NO2.3CH4.ClH.Na.H2O/c1-26-15-5-4-6-20(26)21(22(27)29-3)25-24-18-9-7-16(8-10-18)23-17-11-13-19(28-2)14-12-17;1-24-14-4-3-5-19(24)15-21-23-18-8-6-16(7-9-18)22-17-10-12-20(25-2)13-11-17;1-17-13-8-6-11(7-9-13)15-10-2-4-12(16-14)5-3-10;1-10-6-4-3-5-8(10)7-9(11)12-2;;;;;;/h4-15,23H,1-3H3;3-15,22H,1-2H3;2-9,15H,1H3;3-7H,1-2H3;3*1H4;1H;;1H2/q;;+1;;;;;;+1;/p-2/b21-20-,25-24?;19-15+,23-21?;;8-7+;;;;;;. The van der Waals surface area contributed by atoms with E-state index in [1.165, 1.54) is 20.3 Å². The van der Waals surface area contributed by atoms with E-state index < -0.39 is 5.97 Å². The minimum Gasteiger partial charge on any atom is -1.00 e. The zero-order valence-electron chi connectivity index (χ0n) is 49.1. The molecule has 0 aromatic heterocycles. The second-order valence-corrected chi connectivity index (χ2v) is 17.5. The summed E-state index contributed by atoms with van der Waals surface area (Å²) in [5.74, 6) is 1.58. The summed E-state index contributed by atoms with van der Waals surface area (Å²) in [6, 6.07) is 45.4. The molecule has 0 radical (unpaired) electrons. The summed E-state index contributed by atoms with van der Waals surface area (Å²) in [7, 11) is 13.3. The smallest absolute Gasteiger partial charge is 1.00 e. The summed E-state index contributed by atoms with van der Waals surface area (Å²) in [6.45, 7) is 0. The maximum Gasteiger partial charge on any atom is 1.00 e. The van der Waals surface area contributed by atoms with Crippen molar-refractivity contribution in [2.45, 2.75) is 22.3 Å². The molecule has 9 rings (SSSR count). The molecule has 6 aromatic carbocycles. The van der Waals surface area contributed by atoms with E-state index in [4.69, 9.17) is 24.3 Å². The number of hydrogen-bond donors (Lipinski definition) is 3. The van der Waals surface area contributed by atoms with Crippen molar-refractivity contribution in [1.82, 2.24) is 14.7 Å². The van der Waals surface area contributed by atoms with Crippen LogP contribution < -0.4 is 72.1 Å². The molecule has 20 nitrogen and oxygen atoms in total. The Kier molecular flexibility index (Phi) is 37.9. The number of diazo groups is 1. The van der Waals surface area contributed by atoms with Gasteiger partial charge < -0.3 is 72.2 Å². The number of ether oxygens (including phenoxy) is 5. The molecule has 462 valence electrons. The maximum absolute atomic E-state index is 12.1. The van der Waals surface area contributed by atoms with E-state index >= 15 is 0 Å². The average molecular weight is 1240 g/mol. The van der Waals surface area contributed by atoms with Gasteiger partial charge in [-0.3, -0.25) is 0 Å². The molecule has 0 atom stereocenters. The van der Waals surface area contributed by atoms with Crippen molar-refractivity contribution < 1.29 is 80.7 Å². The van der Waals surface area contributed by atoms with E-state index in [0.717, 1.165) is 68.5 Å². The molecule has 6 aromatic rings. The van der Waals surface area contributed by atoms with Gasteiger partial charge in [0.05, 0.1) is 64.5 Å².